The predicted octanol–water partition coefficient (Wildman–Crippen LogP) is 2.91. The van der Waals surface area contributed by atoms with E-state index in [4.69, 9.17) is 9.15 Å². The fourth-order valence-electron chi connectivity index (χ4n) is 3.68. The first kappa shape index (κ1) is 19.7. The minimum absolute atomic E-state index is 0.464. The van der Waals surface area contributed by atoms with E-state index in [-0.39, 0.29) is 0 Å². The molecule has 1 aliphatic rings. The lowest BCUT2D eigenvalue weighted by Gasteiger charge is -2.33. The van der Waals surface area contributed by atoms with Gasteiger partial charge in [-0.05, 0) is 32.3 Å². The molecule has 2 N–H and O–H groups in total. The zero-order valence-electron chi connectivity index (χ0n) is 16.8. The molecule has 0 bridgehead atoms. The quantitative estimate of drug-likeness (QED) is 0.445. The summed E-state index contributed by atoms with van der Waals surface area (Å²) in [6, 6.07) is 8.63. The fraction of sp³-hybridized carbons (Fsp3) is 0.571. The van der Waals surface area contributed by atoms with Gasteiger partial charge >= 0.3 is 0 Å². The van der Waals surface area contributed by atoms with Crippen molar-refractivity contribution in [1.29, 1.82) is 0 Å². The highest BCUT2D eigenvalue weighted by Crippen LogP contribution is 2.24. The molecule has 1 fully saturated rings. The van der Waals surface area contributed by atoms with Crippen molar-refractivity contribution >= 4 is 16.9 Å². The summed E-state index contributed by atoms with van der Waals surface area (Å²) in [4.78, 5) is 6.90. The number of ether oxygens (including phenoxy) is 1. The second-order valence-electron chi connectivity index (χ2n) is 7.18. The van der Waals surface area contributed by atoms with E-state index in [1.807, 2.05) is 25.2 Å². The molecule has 27 heavy (non-hydrogen) atoms. The van der Waals surface area contributed by atoms with Crippen molar-refractivity contribution in [2.45, 2.75) is 38.8 Å². The molecular weight excluding hydrogens is 340 g/mol. The summed E-state index contributed by atoms with van der Waals surface area (Å²) < 4.78 is 11.1. The van der Waals surface area contributed by atoms with Gasteiger partial charge in [0.15, 0.2) is 5.96 Å². The molecule has 1 aliphatic heterocycles. The maximum absolute atomic E-state index is 5.98. The number of likely N-dealkylation sites (tertiary alicyclic amines) is 1. The van der Waals surface area contributed by atoms with Gasteiger partial charge in [0.1, 0.15) is 11.3 Å². The normalized spacial score (nSPS) is 16.8. The number of rotatable bonds is 7. The van der Waals surface area contributed by atoms with Crippen LogP contribution >= 0.6 is 0 Å². The number of hydrogen-bond acceptors (Lipinski definition) is 4. The molecule has 6 nitrogen and oxygen atoms in total. The average molecular weight is 373 g/mol. The van der Waals surface area contributed by atoms with Crippen molar-refractivity contribution in [3.05, 3.63) is 35.6 Å². The fourth-order valence-corrected chi connectivity index (χ4v) is 3.68. The summed E-state index contributed by atoms with van der Waals surface area (Å²) in [6.07, 6.45) is 3.38. The number of para-hydroxylation sites is 1. The van der Waals surface area contributed by atoms with E-state index in [0.29, 0.717) is 12.6 Å². The Morgan fingerprint density at radius 3 is 2.78 bits per heavy atom. The molecule has 0 saturated carbocycles. The molecule has 1 saturated heterocycles. The minimum Gasteiger partial charge on any atom is -0.459 e. The van der Waals surface area contributed by atoms with Crippen molar-refractivity contribution in [1.82, 2.24) is 15.5 Å². The first-order valence-electron chi connectivity index (χ1n) is 9.86. The maximum Gasteiger partial charge on any atom is 0.191 e. The summed E-state index contributed by atoms with van der Waals surface area (Å²) >= 11 is 0. The lowest BCUT2D eigenvalue weighted by Crippen LogP contribution is -2.48. The topological polar surface area (TPSA) is 62.0 Å². The zero-order valence-corrected chi connectivity index (χ0v) is 16.8. The highest BCUT2D eigenvalue weighted by molar-refractivity contribution is 5.83. The van der Waals surface area contributed by atoms with Crippen molar-refractivity contribution in [2.24, 2.45) is 4.99 Å². The molecule has 2 aromatic rings. The van der Waals surface area contributed by atoms with Gasteiger partial charge in [-0.15, -0.1) is 0 Å². The van der Waals surface area contributed by atoms with Crippen molar-refractivity contribution in [3.8, 4) is 0 Å². The van der Waals surface area contributed by atoms with Gasteiger partial charge in [0.05, 0.1) is 6.54 Å². The largest absolute Gasteiger partial charge is 0.459 e. The van der Waals surface area contributed by atoms with E-state index in [0.717, 1.165) is 62.8 Å². The molecular formula is C21H32N4O2. The van der Waals surface area contributed by atoms with Crippen molar-refractivity contribution < 1.29 is 9.15 Å². The Morgan fingerprint density at radius 1 is 1.30 bits per heavy atom. The SMILES string of the molecule is CN=C(NCc1oc2ccccc2c1C)NC1CCN(CCCOC)CC1. The van der Waals surface area contributed by atoms with E-state index >= 15 is 0 Å². The first-order valence-corrected chi connectivity index (χ1v) is 9.86. The molecule has 3 rings (SSSR count). The lowest BCUT2D eigenvalue weighted by molar-refractivity contribution is 0.155. The molecule has 0 amide bonds. The van der Waals surface area contributed by atoms with Crippen LogP contribution in [-0.2, 0) is 11.3 Å². The number of guanidine groups is 1. The third-order valence-corrected chi connectivity index (χ3v) is 5.33. The Balaban J connectivity index is 1.46. The Kier molecular flexibility index (Phi) is 7.12. The number of hydrogen-bond donors (Lipinski definition) is 2. The van der Waals surface area contributed by atoms with Gasteiger partial charge in [0.2, 0.25) is 0 Å². The van der Waals surface area contributed by atoms with Crippen molar-refractivity contribution in [3.63, 3.8) is 0 Å². The Labute approximate surface area is 162 Å². The summed E-state index contributed by atoms with van der Waals surface area (Å²) in [5, 5.41) is 8.14. The summed E-state index contributed by atoms with van der Waals surface area (Å²) in [7, 11) is 3.59. The van der Waals surface area contributed by atoms with Crippen molar-refractivity contribution in [2.75, 3.05) is 40.4 Å². The standard InChI is InChI=1S/C21H32N4O2/c1-16-18-7-4-5-8-19(18)27-20(16)15-23-21(22-2)24-17-9-12-25(13-10-17)11-6-14-26-3/h4-5,7-8,17H,6,9-15H2,1-3H3,(H2,22,23,24). The smallest absolute Gasteiger partial charge is 0.191 e. The number of benzene rings is 1. The van der Waals surface area contributed by atoms with Gasteiger partial charge in [0.25, 0.3) is 0 Å². The lowest BCUT2D eigenvalue weighted by atomic mass is 10.1. The number of aryl methyl sites for hydroxylation is 1. The van der Waals surface area contributed by atoms with E-state index in [9.17, 15) is 0 Å². The summed E-state index contributed by atoms with van der Waals surface area (Å²) in [5.41, 5.74) is 2.13. The monoisotopic (exact) mass is 372 g/mol. The average Bonchev–Trinajstić information content (AvgIpc) is 3.02. The predicted molar refractivity (Wildman–Crippen MR) is 110 cm³/mol. The Bertz CT molecular complexity index is 748. The van der Waals surface area contributed by atoms with Crippen LogP contribution in [0.25, 0.3) is 11.0 Å². The Morgan fingerprint density at radius 2 is 2.07 bits per heavy atom. The van der Waals surface area contributed by atoms with Gasteiger partial charge in [-0.25, -0.2) is 0 Å². The molecule has 0 spiro atoms. The molecule has 0 atom stereocenters. The molecule has 6 heteroatoms. The van der Waals surface area contributed by atoms with Crippen LogP contribution in [0.5, 0.6) is 0 Å². The number of nitrogens with zero attached hydrogens (tertiary/aromatic N) is 2. The Hall–Kier alpha value is -2.05. The van der Waals surface area contributed by atoms with Crippen LogP contribution in [0, 0.1) is 6.92 Å². The van der Waals surface area contributed by atoms with Gasteiger partial charge in [-0.2, -0.15) is 0 Å². The van der Waals surface area contributed by atoms with Gasteiger partial charge in [0, 0.05) is 57.4 Å². The third-order valence-electron chi connectivity index (χ3n) is 5.33. The van der Waals surface area contributed by atoms with Gasteiger partial charge < -0.3 is 24.7 Å². The molecule has 2 heterocycles. The first-order chi connectivity index (χ1) is 13.2. The molecule has 0 aliphatic carbocycles. The number of furan rings is 1. The highest BCUT2D eigenvalue weighted by Gasteiger charge is 2.20. The van der Waals surface area contributed by atoms with Crippen LogP contribution in [0.15, 0.2) is 33.7 Å². The van der Waals surface area contributed by atoms with E-state index in [1.54, 1.807) is 7.11 Å². The maximum atomic E-state index is 5.98. The molecule has 1 aromatic heterocycles. The second-order valence-corrected chi connectivity index (χ2v) is 7.18. The third kappa shape index (κ3) is 5.23. The summed E-state index contributed by atoms with van der Waals surface area (Å²) in [5.74, 6) is 1.81. The summed E-state index contributed by atoms with van der Waals surface area (Å²) in [6.45, 7) is 6.96. The van der Waals surface area contributed by atoms with Crippen LogP contribution in [0.2, 0.25) is 0 Å². The number of aliphatic imine (C=N–C) groups is 1. The van der Waals surface area contributed by atoms with Gasteiger partial charge in [-0.1, -0.05) is 18.2 Å². The van der Waals surface area contributed by atoms with E-state index in [2.05, 4.69) is 33.5 Å². The highest BCUT2D eigenvalue weighted by atomic mass is 16.5. The number of methoxy groups -OCH3 is 1. The zero-order chi connectivity index (χ0) is 19.1. The van der Waals surface area contributed by atoms with Crippen LogP contribution in [0.4, 0.5) is 0 Å². The minimum atomic E-state index is 0.464. The van der Waals surface area contributed by atoms with Crippen LogP contribution in [0.1, 0.15) is 30.6 Å². The van der Waals surface area contributed by atoms with Gasteiger partial charge in [-0.3, -0.25) is 4.99 Å². The number of fused-ring (bicyclic) bond motifs is 1. The van der Waals surface area contributed by atoms with Crippen LogP contribution < -0.4 is 10.6 Å². The van der Waals surface area contributed by atoms with E-state index < -0.39 is 0 Å². The van der Waals surface area contributed by atoms with Crippen LogP contribution in [0.3, 0.4) is 0 Å². The molecule has 148 valence electrons. The molecule has 0 unspecified atom stereocenters. The number of piperidine rings is 1. The molecule has 1 aromatic carbocycles. The number of nitrogens with one attached hydrogen (secondary N) is 2. The second kappa shape index (κ2) is 9.76. The van der Waals surface area contributed by atoms with E-state index in [1.165, 1.54) is 10.9 Å². The van der Waals surface area contributed by atoms with Crippen LogP contribution in [-0.4, -0.2) is 57.3 Å². The molecule has 0 radical (unpaired) electrons.